The highest BCUT2D eigenvalue weighted by Crippen LogP contribution is 2.25. The van der Waals surface area contributed by atoms with Crippen LogP contribution in [0.25, 0.3) is 0 Å². The van der Waals surface area contributed by atoms with E-state index in [9.17, 15) is 0 Å². The van der Waals surface area contributed by atoms with Crippen molar-refractivity contribution >= 4 is 11.3 Å². The second-order valence-electron chi connectivity index (χ2n) is 2.77. The third-order valence-corrected chi connectivity index (χ3v) is 2.47. The Balaban J connectivity index is 1.84. The van der Waals surface area contributed by atoms with Crippen molar-refractivity contribution in [1.82, 2.24) is 4.98 Å². The van der Waals surface area contributed by atoms with Gasteiger partial charge in [0.2, 0.25) is 0 Å². The van der Waals surface area contributed by atoms with Crippen molar-refractivity contribution in [3.63, 3.8) is 0 Å². The van der Waals surface area contributed by atoms with Crippen molar-refractivity contribution in [3.8, 4) is 5.19 Å². The molecule has 0 bridgehead atoms. The Hall–Kier alpha value is -0.610. The van der Waals surface area contributed by atoms with Crippen LogP contribution in [0.4, 0.5) is 0 Å². The summed E-state index contributed by atoms with van der Waals surface area (Å²) in [6.45, 7) is 0. The lowest BCUT2D eigenvalue weighted by Gasteiger charge is -2.31. The van der Waals surface area contributed by atoms with E-state index in [0.717, 1.165) is 18.0 Å². The number of rotatable bonds is 2. The minimum atomic E-state index is 0.316. The van der Waals surface area contributed by atoms with Crippen molar-refractivity contribution < 1.29 is 4.74 Å². The number of aromatic nitrogens is 1. The fraction of sp³-hybridized carbons (Fsp3) is 0.571. The van der Waals surface area contributed by atoms with Gasteiger partial charge in [0.25, 0.3) is 5.19 Å². The van der Waals surface area contributed by atoms with Gasteiger partial charge >= 0.3 is 0 Å². The van der Waals surface area contributed by atoms with E-state index in [1.165, 1.54) is 11.3 Å². The molecular weight excluding hydrogens is 160 g/mol. The number of nitrogens with zero attached hydrogens (tertiary/aromatic N) is 1. The Kier molecular flexibility index (Phi) is 1.79. The van der Waals surface area contributed by atoms with Gasteiger partial charge in [0.15, 0.2) is 0 Å². The summed E-state index contributed by atoms with van der Waals surface area (Å²) in [5.41, 5.74) is 5.60. The monoisotopic (exact) mass is 170 g/mol. The smallest absolute Gasteiger partial charge is 0.273 e. The molecular formula is C7H10N2OS. The van der Waals surface area contributed by atoms with Gasteiger partial charge in [0.1, 0.15) is 6.10 Å². The summed E-state index contributed by atoms with van der Waals surface area (Å²) >= 11 is 1.53. The number of hydrogen-bond acceptors (Lipinski definition) is 4. The first-order valence-electron chi connectivity index (χ1n) is 3.66. The maximum absolute atomic E-state index is 5.60. The van der Waals surface area contributed by atoms with E-state index in [1.807, 2.05) is 5.38 Å². The molecule has 4 heteroatoms. The summed E-state index contributed by atoms with van der Waals surface area (Å²) in [5, 5.41) is 2.68. The van der Waals surface area contributed by atoms with Gasteiger partial charge in [0.05, 0.1) is 0 Å². The van der Waals surface area contributed by atoms with Crippen molar-refractivity contribution in [2.45, 2.75) is 25.0 Å². The third kappa shape index (κ3) is 1.52. The molecule has 0 aliphatic heterocycles. The van der Waals surface area contributed by atoms with Gasteiger partial charge in [0, 0.05) is 17.6 Å². The van der Waals surface area contributed by atoms with E-state index in [-0.39, 0.29) is 0 Å². The predicted octanol–water partition coefficient (Wildman–Crippen LogP) is 1.01. The number of hydrogen-bond donors (Lipinski definition) is 1. The third-order valence-electron chi connectivity index (χ3n) is 1.81. The molecule has 1 saturated carbocycles. The predicted molar refractivity (Wildman–Crippen MR) is 43.7 cm³/mol. The Bertz CT molecular complexity index is 218. The molecule has 1 aliphatic carbocycles. The molecule has 0 amide bonds. The Labute approximate surface area is 69.2 Å². The Morgan fingerprint density at radius 2 is 2.45 bits per heavy atom. The van der Waals surface area contributed by atoms with E-state index < -0.39 is 0 Å². The van der Waals surface area contributed by atoms with E-state index in [4.69, 9.17) is 10.5 Å². The van der Waals surface area contributed by atoms with Crippen LogP contribution in [-0.4, -0.2) is 17.1 Å². The van der Waals surface area contributed by atoms with E-state index >= 15 is 0 Å². The molecule has 60 valence electrons. The summed E-state index contributed by atoms with van der Waals surface area (Å²) in [5.74, 6) is 0. The van der Waals surface area contributed by atoms with Gasteiger partial charge in [-0.25, -0.2) is 4.98 Å². The molecule has 0 radical (unpaired) electrons. The molecule has 1 aliphatic rings. The largest absolute Gasteiger partial charge is 0.467 e. The molecule has 1 heterocycles. The molecule has 3 nitrogen and oxygen atoms in total. The molecule has 0 spiro atoms. The first-order chi connectivity index (χ1) is 5.34. The lowest BCUT2D eigenvalue weighted by Crippen LogP contribution is -2.43. The highest BCUT2D eigenvalue weighted by atomic mass is 32.1. The lowest BCUT2D eigenvalue weighted by atomic mass is 9.90. The van der Waals surface area contributed by atoms with Crippen LogP contribution in [0.2, 0.25) is 0 Å². The maximum atomic E-state index is 5.60. The van der Waals surface area contributed by atoms with Gasteiger partial charge in [-0.05, 0) is 12.8 Å². The Morgan fingerprint density at radius 1 is 1.64 bits per heavy atom. The van der Waals surface area contributed by atoms with Crippen molar-refractivity contribution in [1.29, 1.82) is 0 Å². The molecule has 0 saturated heterocycles. The zero-order valence-corrected chi connectivity index (χ0v) is 6.88. The van der Waals surface area contributed by atoms with Crippen LogP contribution < -0.4 is 10.5 Å². The van der Waals surface area contributed by atoms with Gasteiger partial charge in [-0.2, -0.15) is 0 Å². The SMILES string of the molecule is NC1CC(Oc2nccs2)C1. The van der Waals surface area contributed by atoms with E-state index in [0.29, 0.717) is 12.1 Å². The number of ether oxygens (including phenoxy) is 1. The first kappa shape index (κ1) is 7.06. The van der Waals surface area contributed by atoms with Crippen LogP contribution in [-0.2, 0) is 0 Å². The van der Waals surface area contributed by atoms with Crippen LogP contribution in [0.3, 0.4) is 0 Å². The van der Waals surface area contributed by atoms with Crippen LogP contribution in [0.5, 0.6) is 5.19 Å². The molecule has 2 N–H and O–H groups in total. The van der Waals surface area contributed by atoms with Crippen LogP contribution in [0.1, 0.15) is 12.8 Å². The van der Waals surface area contributed by atoms with Gasteiger partial charge in [-0.3, -0.25) is 0 Å². The summed E-state index contributed by atoms with van der Waals surface area (Å²) < 4.78 is 5.49. The van der Waals surface area contributed by atoms with Crippen LogP contribution >= 0.6 is 11.3 Å². The summed E-state index contributed by atoms with van der Waals surface area (Å²) in [6.07, 6.45) is 4.01. The molecule has 0 unspecified atom stereocenters. The number of thiazole rings is 1. The van der Waals surface area contributed by atoms with Crippen molar-refractivity contribution in [3.05, 3.63) is 11.6 Å². The fourth-order valence-corrected chi connectivity index (χ4v) is 1.67. The molecule has 1 fully saturated rings. The first-order valence-corrected chi connectivity index (χ1v) is 4.54. The van der Waals surface area contributed by atoms with Crippen molar-refractivity contribution in [2.75, 3.05) is 0 Å². The Morgan fingerprint density at radius 3 is 3.00 bits per heavy atom. The molecule has 2 rings (SSSR count). The number of nitrogens with two attached hydrogens (primary N) is 1. The summed E-state index contributed by atoms with van der Waals surface area (Å²) in [4.78, 5) is 4.02. The lowest BCUT2D eigenvalue weighted by molar-refractivity contribution is 0.100. The van der Waals surface area contributed by atoms with Gasteiger partial charge in [-0.1, -0.05) is 11.3 Å². The molecule has 11 heavy (non-hydrogen) atoms. The minimum Gasteiger partial charge on any atom is -0.467 e. The second kappa shape index (κ2) is 2.79. The molecule has 0 atom stereocenters. The highest BCUT2D eigenvalue weighted by molar-refractivity contribution is 7.11. The zero-order valence-electron chi connectivity index (χ0n) is 6.06. The van der Waals surface area contributed by atoms with Gasteiger partial charge in [-0.15, -0.1) is 0 Å². The van der Waals surface area contributed by atoms with Gasteiger partial charge < -0.3 is 10.5 Å². The second-order valence-corrected chi connectivity index (χ2v) is 3.63. The standard InChI is InChI=1S/C7H10N2OS/c8-5-3-6(4-5)10-7-9-1-2-11-7/h1-2,5-6H,3-4,8H2. The molecule has 1 aromatic rings. The molecule has 0 aromatic carbocycles. The van der Waals surface area contributed by atoms with Crippen LogP contribution in [0, 0.1) is 0 Å². The normalized spacial score (nSPS) is 29.5. The maximum Gasteiger partial charge on any atom is 0.273 e. The van der Waals surface area contributed by atoms with E-state index in [1.54, 1.807) is 6.20 Å². The molecule has 1 aromatic heterocycles. The van der Waals surface area contributed by atoms with Crippen LogP contribution in [0.15, 0.2) is 11.6 Å². The van der Waals surface area contributed by atoms with Crippen molar-refractivity contribution in [2.24, 2.45) is 5.73 Å². The average Bonchev–Trinajstić information content (AvgIpc) is 2.36. The summed E-state index contributed by atoms with van der Waals surface area (Å²) in [6, 6.07) is 0.347. The fourth-order valence-electron chi connectivity index (χ4n) is 1.11. The topological polar surface area (TPSA) is 48.1 Å². The van der Waals surface area contributed by atoms with E-state index in [2.05, 4.69) is 4.98 Å². The minimum absolute atomic E-state index is 0.316. The zero-order chi connectivity index (χ0) is 7.68. The summed E-state index contributed by atoms with van der Waals surface area (Å²) in [7, 11) is 0. The quantitative estimate of drug-likeness (QED) is 0.720. The highest BCUT2D eigenvalue weighted by Gasteiger charge is 2.27. The average molecular weight is 170 g/mol.